The number of hydrogen-bond acceptors (Lipinski definition) is 5. The number of anilines is 2. The Balaban J connectivity index is 2.18. The quantitative estimate of drug-likeness (QED) is 0.839. The predicted molar refractivity (Wildman–Crippen MR) is 62.9 cm³/mol. The lowest BCUT2D eigenvalue weighted by Gasteiger charge is -2.08. The predicted octanol–water partition coefficient (Wildman–Crippen LogP) is 1.75. The highest BCUT2D eigenvalue weighted by atomic mass is 16.5. The van der Waals surface area contributed by atoms with Crippen LogP contribution in [0.3, 0.4) is 0 Å². The first-order valence-electron chi connectivity index (χ1n) is 5.21. The van der Waals surface area contributed by atoms with Gasteiger partial charge in [-0.2, -0.15) is 0 Å². The summed E-state index contributed by atoms with van der Waals surface area (Å²) in [5, 5.41) is 9.31. The summed E-state index contributed by atoms with van der Waals surface area (Å²) in [6.07, 6.45) is 4.58. The highest BCUT2D eigenvalue weighted by molar-refractivity contribution is 6.07. The van der Waals surface area contributed by atoms with Crippen LogP contribution in [0, 0.1) is 0 Å². The molecule has 0 fully saturated rings. The number of amides is 1. The third-order valence-electron chi connectivity index (χ3n) is 2.11. The SMILES string of the molecule is CCNc1cnccc1C(=O)Nc1ccon1. The summed E-state index contributed by atoms with van der Waals surface area (Å²) >= 11 is 0. The van der Waals surface area contributed by atoms with Crippen LogP contribution >= 0.6 is 0 Å². The third-order valence-corrected chi connectivity index (χ3v) is 2.11. The Kier molecular flexibility index (Phi) is 3.34. The zero-order valence-electron chi connectivity index (χ0n) is 9.30. The fourth-order valence-corrected chi connectivity index (χ4v) is 1.38. The van der Waals surface area contributed by atoms with Crippen molar-refractivity contribution in [2.45, 2.75) is 6.92 Å². The molecule has 0 saturated carbocycles. The van der Waals surface area contributed by atoms with E-state index < -0.39 is 0 Å². The summed E-state index contributed by atoms with van der Waals surface area (Å²) in [7, 11) is 0. The minimum atomic E-state index is -0.253. The molecule has 0 unspecified atom stereocenters. The third kappa shape index (κ3) is 2.60. The van der Waals surface area contributed by atoms with Gasteiger partial charge in [-0.05, 0) is 13.0 Å². The summed E-state index contributed by atoms with van der Waals surface area (Å²) in [6, 6.07) is 3.22. The number of nitrogens with zero attached hydrogens (tertiary/aromatic N) is 2. The summed E-state index contributed by atoms with van der Waals surface area (Å²) in [4.78, 5) is 15.9. The van der Waals surface area contributed by atoms with Gasteiger partial charge in [0, 0.05) is 18.8 Å². The molecule has 17 heavy (non-hydrogen) atoms. The van der Waals surface area contributed by atoms with E-state index in [1.165, 1.54) is 6.26 Å². The molecule has 2 aromatic rings. The Hall–Kier alpha value is -2.37. The van der Waals surface area contributed by atoms with Crippen molar-refractivity contribution in [1.82, 2.24) is 10.1 Å². The highest BCUT2D eigenvalue weighted by Crippen LogP contribution is 2.15. The zero-order valence-corrected chi connectivity index (χ0v) is 9.30. The molecule has 1 amide bonds. The van der Waals surface area contributed by atoms with E-state index in [4.69, 9.17) is 0 Å². The van der Waals surface area contributed by atoms with Gasteiger partial charge in [0.25, 0.3) is 5.91 Å². The molecule has 2 aromatic heterocycles. The Labute approximate surface area is 98.0 Å². The van der Waals surface area contributed by atoms with Crippen molar-refractivity contribution in [2.75, 3.05) is 17.2 Å². The zero-order chi connectivity index (χ0) is 12.1. The molecule has 0 spiro atoms. The fraction of sp³-hybridized carbons (Fsp3) is 0.182. The first-order chi connectivity index (χ1) is 8.31. The van der Waals surface area contributed by atoms with E-state index in [9.17, 15) is 4.79 Å². The van der Waals surface area contributed by atoms with Gasteiger partial charge in [0.2, 0.25) is 0 Å². The first kappa shape index (κ1) is 11.1. The van der Waals surface area contributed by atoms with E-state index in [2.05, 4.69) is 25.3 Å². The van der Waals surface area contributed by atoms with Gasteiger partial charge in [0.05, 0.1) is 17.4 Å². The standard InChI is InChI=1S/C11H12N4O2/c1-2-13-9-7-12-5-3-8(9)11(16)14-10-4-6-17-15-10/h3-7,13H,2H2,1H3,(H,14,15,16). The molecule has 0 atom stereocenters. The lowest BCUT2D eigenvalue weighted by Crippen LogP contribution is -2.15. The molecule has 0 aliphatic heterocycles. The Morgan fingerprint density at radius 2 is 2.35 bits per heavy atom. The number of aromatic nitrogens is 2. The monoisotopic (exact) mass is 232 g/mol. The molecule has 2 heterocycles. The van der Waals surface area contributed by atoms with Crippen LogP contribution in [0.1, 0.15) is 17.3 Å². The van der Waals surface area contributed by atoms with Crippen LogP contribution in [0.4, 0.5) is 11.5 Å². The van der Waals surface area contributed by atoms with Crippen LogP contribution in [-0.4, -0.2) is 22.6 Å². The lowest BCUT2D eigenvalue weighted by molar-refractivity contribution is 0.102. The van der Waals surface area contributed by atoms with Gasteiger partial charge in [0.1, 0.15) is 6.26 Å². The smallest absolute Gasteiger partial charge is 0.259 e. The number of nitrogens with one attached hydrogen (secondary N) is 2. The van der Waals surface area contributed by atoms with Crippen molar-refractivity contribution in [2.24, 2.45) is 0 Å². The van der Waals surface area contributed by atoms with Gasteiger partial charge >= 0.3 is 0 Å². The van der Waals surface area contributed by atoms with Crippen LogP contribution in [0.15, 0.2) is 35.3 Å². The van der Waals surface area contributed by atoms with E-state index in [0.29, 0.717) is 17.1 Å². The molecular weight excluding hydrogens is 220 g/mol. The van der Waals surface area contributed by atoms with Gasteiger partial charge < -0.3 is 15.2 Å². The number of hydrogen-bond donors (Lipinski definition) is 2. The van der Waals surface area contributed by atoms with Crippen LogP contribution in [-0.2, 0) is 0 Å². The van der Waals surface area contributed by atoms with Gasteiger partial charge in [-0.1, -0.05) is 5.16 Å². The van der Waals surface area contributed by atoms with E-state index >= 15 is 0 Å². The van der Waals surface area contributed by atoms with E-state index in [1.54, 1.807) is 24.5 Å². The summed E-state index contributed by atoms with van der Waals surface area (Å²) in [5.41, 5.74) is 1.21. The van der Waals surface area contributed by atoms with Gasteiger partial charge in [-0.25, -0.2) is 0 Å². The number of pyridine rings is 1. The van der Waals surface area contributed by atoms with E-state index in [1.807, 2.05) is 6.92 Å². The first-order valence-corrected chi connectivity index (χ1v) is 5.21. The fourth-order valence-electron chi connectivity index (χ4n) is 1.38. The minimum Gasteiger partial charge on any atom is -0.383 e. The molecule has 0 bridgehead atoms. The molecule has 2 rings (SSSR count). The van der Waals surface area contributed by atoms with Gasteiger partial charge in [0.15, 0.2) is 5.82 Å². The number of carbonyl (C=O) groups excluding carboxylic acids is 1. The second-order valence-electron chi connectivity index (χ2n) is 3.29. The van der Waals surface area contributed by atoms with Crippen LogP contribution in [0.2, 0.25) is 0 Å². The molecule has 0 aliphatic rings. The number of rotatable bonds is 4. The van der Waals surface area contributed by atoms with Crippen LogP contribution < -0.4 is 10.6 Å². The molecule has 0 radical (unpaired) electrons. The number of carbonyl (C=O) groups is 1. The minimum absolute atomic E-state index is 0.253. The van der Waals surface area contributed by atoms with E-state index in [0.717, 1.165) is 6.54 Å². The van der Waals surface area contributed by atoms with Gasteiger partial charge in [-0.3, -0.25) is 9.78 Å². The summed E-state index contributed by atoms with van der Waals surface area (Å²) in [6.45, 7) is 2.67. The van der Waals surface area contributed by atoms with Crippen LogP contribution in [0.25, 0.3) is 0 Å². The van der Waals surface area contributed by atoms with Crippen molar-refractivity contribution < 1.29 is 9.32 Å². The second kappa shape index (κ2) is 5.11. The maximum absolute atomic E-state index is 11.9. The molecule has 6 heteroatoms. The lowest BCUT2D eigenvalue weighted by atomic mass is 10.2. The Morgan fingerprint density at radius 3 is 3.06 bits per heavy atom. The van der Waals surface area contributed by atoms with Crippen LogP contribution in [0.5, 0.6) is 0 Å². The van der Waals surface area contributed by atoms with Crippen molar-refractivity contribution in [3.05, 3.63) is 36.4 Å². The summed E-state index contributed by atoms with van der Waals surface area (Å²) < 4.78 is 4.64. The van der Waals surface area contributed by atoms with Crippen molar-refractivity contribution >= 4 is 17.4 Å². The van der Waals surface area contributed by atoms with Crippen molar-refractivity contribution in [3.8, 4) is 0 Å². The maximum Gasteiger partial charge on any atom is 0.259 e. The van der Waals surface area contributed by atoms with Crippen molar-refractivity contribution in [3.63, 3.8) is 0 Å². The van der Waals surface area contributed by atoms with E-state index in [-0.39, 0.29) is 5.91 Å². The topological polar surface area (TPSA) is 80.0 Å². The molecular formula is C11H12N4O2. The molecule has 6 nitrogen and oxygen atoms in total. The average Bonchev–Trinajstić information content (AvgIpc) is 2.83. The second-order valence-corrected chi connectivity index (χ2v) is 3.29. The molecule has 2 N–H and O–H groups in total. The molecule has 0 aliphatic carbocycles. The largest absolute Gasteiger partial charge is 0.383 e. The molecule has 0 aromatic carbocycles. The Morgan fingerprint density at radius 1 is 1.47 bits per heavy atom. The highest BCUT2D eigenvalue weighted by Gasteiger charge is 2.12. The average molecular weight is 232 g/mol. The Bertz CT molecular complexity index is 496. The van der Waals surface area contributed by atoms with Gasteiger partial charge in [-0.15, -0.1) is 0 Å². The molecule has 0 saturated heterocycles. The van der Waals surface area contributed by atoms with Crippen molar-refractivity contribution in [1.29, 1.82) is 0 Å². The maximum atomic E-state index is 11.9. The molecule has 88 valence electrons. The summed E-state index contributed by atoms with van der Waals surface area (Å²) in [5.74, 6) is 0.131. The normalized spacial score (nSPS) is 9.94.